The van der Waals surface area contributed by atoms with E-state index in [-0.39, 0.29) is 16.6 Å². The zero-order chi connectivity index (χ0) is 12.3. The number of hydrogen-bond acceptors (Lipinski definition) is 3. The molecule has 0 aliphatic rings. The van der Waals surface area contributed by atoms with Crippen LogP contribution in [-0.4, -0.2) is 18.1 Å². The number of carbonyl (C=O) groups excluding carboxylic acids is 1. The van der Waals surface area contributed by atoms with Gasteiger partial charge >= 0.3 is 5.97 Å². The lowest BCUT2D eigenvalue weighted by molar-refractivity contribution is 0.0581. The number of carbonyl (C=O) groups is 1. The van der Waals surface area contributed by atoms with Crippen LogP contribution in [0.15, 0.2) is 6.07 Å². The van der Waals surface area contributed by atoms with Crippen LogP contribution in [0.2, 0.25) is 5.02 Å². The van der Waals surface area contributed by atoms with Crippen LogP contribution in [0, 0.1) is 0 Å². The number of methoxy groups -OCH3 is 1. The Labute approximate surface area is 100 Å². The van der Waals surface area contributed by atoms with E-state index >= 15 is 0 Å². The fraction of sp³-hybridized carbons (Fsp3) is 0.333. The third kappa shape index (κ3) is 2.59. The topological polar surface area (TPSA) is 39.2 Å². The van der Waals surface area contributed by atoms with Crippen molar-refractivity contribution in [3.63, 3.8) is 0 Å². The van der Waals surface area contributed by atoms with E-state index in [2.05, 4.69) is 9.72 Å². The molecule has 0 saturated heterocycles. The number of pyridine rings is 1. The van der Waals surface area contributed by atoms with Crippen LogP contribution in [0.5, 0.6) is 0 Å². The van der Waals surface area contributed by atoms with Gasteiger partial charge in [0.1, 0.15) is 0 Å². The average Bonchev–Trinajstić information content (AvgIpc) is 2.26. The molecule has 0 spiro atoms. The number of esters is 1. The predicted molar refractivity (Wildman–Crippen MR) is 55.1 cm³/mol. The average molecular weight is 270 g/mol. The molecule has 88 valence electrons. The molecule has 1 rings (SSSR count). The highest BCUT2D eigenvalue weighted by molar-refractivity contribution is 6.32. The van der Waals surface area contributed by atoms with E-state index in [4.69, 9.17) is 23.2 Å². The third-order valence-corrected chi connectivity index (χ3v) is 2.38. The summed E-state index contributed by atoms with van der Waals surface area (Å²) in [4.78, 5) is 14.9. The maximum atomic E-state index is 12.7. The monoisotopic (exact) mass is 269 g/mol. The molecule has 0 aliphatic heterocycles. The lowest BCUT2D eigenvalue weighted by atomic mass is 10.2. The van der Waals surface area contributed by atoms with Gasteiger partial charge in [0, 0.05) is 0 Å². The molecule has 1 aromatic heterocycles. The first-order valence-corrected chi connectivity index (χ1v) is 5.04. The summed E-state index contributed by atoms with van der Waals surface area (Å²) in [5.74, 6) is -1.00. The second kappa shape index (κ2) is 5.41. The molecule has 0 N–H and O–H groups in total. The Bertz CT molecular complexity index is 413. The van der Waals surface area contributed by atoms with E-state index in [0.29, 0.717) is 0 Å². The quantitative estimate of drug-likeness (QED) is 0.625. The van der Waals surface area contributed by atoms with Crippen LogP contribution in [0.25, 0.3) is 0 Å². The van der Waals surface area contributed by atoms with E-state index in [9.17, 15) is 13.6 Å². The maximum Gasteiger partial charge on any atom is 0.357 e. The van der Waals surface area contributed by atoms with Gasteiger partial charge in [-0.05, 0) is 6.07 Å². The van der Waals surface area contributed by atoms with Gasteiger partial charge in [0.25, 0.3) is 6.43 Å². The summed E-state index contributed by atoms with van der Waals surface area (Å²) in [5.41, 5.74) is -0.903. The van der Waals surface area contributed by atoms with Gasteiger partial charge in [-0.1, -0.05) is 11.6 Å². The lowest BCUT2D eigenvalue weighted by Gasteiger charge is -2.09. The summed E-state index contributed by atoms with van der Waals surface area (Å²) >= 11 is 11.1. The Hall–Kier alpha value is -0.940. The van der Waals surface area contributed by atoms with E-state index < -0.39 is 23.7 Å². The number of ether oxygens (including phenoxy) is 1. The Kier molecular flexibility index (Phi) is 4.44. The van der Waals surface area contributed by atoms with Gasteiger partial charge in [-0.2, -0.15) is 0 Å². The molecule has 0 fully saturated rings. The van der Waals surface area contributed by atoms with Crippen molar-refractivity contribution in [2.24, 2.45) is 0 Å². The van der Waals surface area contributed by atoms with Gasteiger partial charge in [0.2, 0.25) is 0 Å². The molecule has 0 amide bonds. The fourth-order valence-electron chi connectivity index (χ4n) is 1.10. The number of hydrogen-bond donors (Lipinski definition) is 0. The van der Waals surface area contributed by atoms with Crippen molar-refractivity contribution in [3.8, 4) is 0 Å². The molecule has 0 saturated carbocycles. The first-order chi connectivity index (χ1) is 7.51. The van der Waals surface area contributed by atoms with Crippen LogP contribution in [0.1, 0.15) is 28.2 Å². The SMILES string of the molecule is COC(=O)c1nc(CCl)cc(Cl)c1C(F)F. The minimum atomic E-state index is -2.90. The number of rotatable bonds is 3. The number of aromatic nitrogens is 1. The first-order valence-electron chi connectivity index (χ1n) is 4.13. The van der Waals surface area contributed by atoms with Crippen molar-refractivity contribution in [3.05, 3.63) is 28.0 Å². The van der Waals surface area contributed by atoms with E-state index in [0.717, 1.165) is 7.11 Å². The van der Waals surface area contributed by atoms with E-state index in [1.165, 1.54) is 6.07 Å². The van der Waals surface area contributed by atoms with Crippen LogP contribution in [0.4, 0.5) is 8.78 Å². The largest absolute Gasteiger partial charge is 0.464 e. The summed E-state index contributed by atoms with van der Waals surface area (Å²) in [7, 11) is 1.07. The molecule has 3 nitrogen and oxygen atoms in total. The normalized spacial score (nSPS) is 10.6. The van der Waals surface area contributed by atoms with Crippen LogP contribution >= 0.6 is 23.2 Å². The molecule has 0 bridgehead atoms. The van der Waals surface area contributed by atoms with Crippen molar-refractivity contribution >= 4 is 29.2 Å². The van der Waals surface area contributed by atoms with Crippen molar-refractivity contribution < 1.29 is 18.3 Å². The molecule has 1 aromatic rings. The molecular formula is C9H7Cl2F2NO2. The second-order valence-electron chi connectivity index (χ2n) is 2.78. The zero-order valence-corrected chi connectivity index (χ0v) is 9.65. The maximum absolute atomic E-state index is 12.7. The first kappa shape index (κ1) is 13.1. The Morgan fingerprint density at radius 3 is 2.69 bits per heavy atom. The smallest absolute Gasteiger partial charge is 0.357 e. The van der Waals surface area contributed by atoms with Gasteiger partial charge in [-0.15, -0.1) is 11.6 Å². The van der Waals surface area contributed by atoms with Crippen molar-refractivity contribution in [1.82, 2.24) is 4.98 Å². The molecule has 1 heterocycles. The molecule has 0 aliphatic carbocycles. The Morgan fingerprint density at radius 2 is 2.25 bits per heavy atom. The summed E-state index contributed by atoms with van der Waals surface area (Å²) in [6.07, 6.45) is -2.90. The van der Waals surface area contributed by atoms with E-state index in [1.807, 2.05) is 0 Å². The van der Waals surface area contributed by atoms with Crippen LogP contribution < -0.4 is 0 Å². The third-order valence-electron chi connectivity index (χ3n) is 1.80. The Balaban J connectivity index is 3.40. The molecular weight excluding hydrogens is 263 g/mol. The molecule has 0 aromatic carbocycles. The lowest BCUT2D eigenvalue weighted by Crippen LogP contribution is -2.11. The molecule has 0 atom stereocenters. The standard InChI is InChI=1S/C9H7Cl2F2NO2/c1-16-9(15)7-6(8(12)13)5(11)2-4(3-10)14-7/h2,8H,3H2,1H3. The van der Waals surface area contributed by atoms with Crippen LogP contribution in [-0.2, 0) is 10.6 Å². The molecule has 0 unspecified atom stereocenters. The number of alkyl halides is 3. The van der Waals surface area contributed by atoms with Gasteiger partial charge in [-0.25, -0.2) is 18.6 Å². The highest BCUT2D eigenvalue weighted by Crippen LogP contribution is 2.30. The summed E-state index contributed by atoms with van der Waals surface area (Å²) in [6, 6.07) is 1.20. The van der Waals surface area contributed by atoms with Crippen LogP contribution in [0.3, 0.4) is 0 Å². The van der Waals surface area contributed by atoms with E-state index in [1.54, 1.807) is 0 Å². The molecule has 7 heteroatoms. The Morgan fingerprint density at radius 1 is 1.62 bits per heavy atom. The highest BCUT2D eigenvalue weighted by atomic mass is 35.5. The molecule has 0 radical (unpaired) electrons. The van der Waals surface area contributed by atoms with Gasteiger partial charge < -0.3 is 4.74 Å². The minimum absolute atomic E-state index is 0.0345. The van der Waals surface area contributed by atoms with Gasteiger partial charge in [0.05, 0.1) is 29.3 Å². The highest BCUT2D eigenvalue weighted by Gasteiger charge is 2.24. The molecule has 16 heavy (non-hydrogen) atoms. The predicted octanol–water partition coefficient (Wildman–Crippen LogP) is 3.20. The number of halogens is 4. The minimum Gasteiger partial charge on any atom is -0.464 e. The summed E-state index contributed by atoms with van der Waals surface area (Å²) in [6.45, 7) is 0. The van der Waals surface area contributed by atoms with Crippen molar-refractivity contribution in [1.29, 1.82) is 0 Å². The van der Waals surface area contributed by atoms with Gasteiger partial charge in [-0.3, -0.25) is 0 Å². The fourth-order valence-corrected chi connectivity index (χ4v) is 1.54. The zero-order valence-electron chi connectivity index (χ0n) is 8.14. The summed E-state index contributed by atoms with van der Waals surface area (Å²) in [5, 5.41) is -0.249. The summed E-state index contributed by atoms with van der Waals surface area (Å²) < 4.78 is 29.7. The van der Waals surface area contributed by atoms with Crippen molar-refractivity contribution in [2.45, 2.75) is 12.3 Å². The number of nitrogens with zero attached hydrogens (tertiary/aromatic N) is 1. The second-order valence-corrected chi connectivity index (χ2v) is 3.46. The van der Waals surface area contributed by atoms with Gasteiger partial charge in [0.15, 0.2) is 5.69 Å². The van der Waals surface area contributed by atoms with Crippen molar-refractivity contribution in [2.75, 3.05) is 7.11 Å².